The first-order valence-corrected chi connectivity index (χ1v) is 12.2. The van der Waals surface area contributed by atoms with Gasteiger partial charge in [0, 0.05) is 55.7 Å². The van der Waals surface area contributed by atoms with Crippen LogP contribution in [0, 0.1) is 5.92 Å². The molecule has 6 heteroatoms. The van der Waals surface area contributed by atoms with Crippen molar-refractivity contribution in [2.75, 3.05) is 36.8 Å². The first kappa shape index (κ1) is 20.7. The normalized spacial score (nSPS) is 21.2. The molecule has 2 fully saturated rings. The average Bonchev–Trinajstić information content (AvgIpc) is 3.26. The number of hydrogen-bond acceptors (Lipinski definition) is 4. The van der Waals surface area contributed by atoms with Crippen LogP contribution in [-0.2, 0) is 9.59 Å². The van der Waals surface area contributed by atoms with Crippen LogP contribution in [0.2, 0.25) is 0 Å². The highest BCUT2D eigenvalue weighted by atomic mass is 32.2. The van der Waals surface area contributed by atoms with E-state index >= 15 is 0 Å². The van der Waals surface area contributed by atoms with Crippen LogP contribution in [0.15, 0.2) is 29.2 Å². The van der Waals surface area contributed by atoms with Gasteiger partial charge in [-0.3, -0.25) is 9.59 Å². The second-order valence-electron chi connectivity index (χ2n) is 8.65. The molecule has 1 aromatic carbocycles. The zero-order valence-corrected chi connectivity index (χ0v) is 18.1. The lowest BCUT2D eigenvalue weighted by atomic mass is 10.0. The third-order valence-corrected chi connectivity index (χ3v) is 7.58. The van der Waals surface area contributed by atoms with Crippen LogP contribution in [-0.4, -0.2) is 54.7 Å². The summed E-state index contributed by atoms with van der Waals surface area (Å²) in [5.41, 5.74) is 0.990. The summed E-state index contributed by atoms with van der Waals surface area (Å²) in [5.74, 6) is 1.88. The van der Waals surface area contributed by atoms with Gasteiger partial charge in [-0.15, -0.1) is 11.8 Å². The van der Waals surface area contributed by atoms with Crippen molar-refractivity contribution in [3.8, 4) is 0 Å². The molecule has 2 heterocycles. The molecular formula is C23H33N3O2S. The minimum Gasteiger partial charge on any atom is -0.353 e. The zero-order chi connectivity index (χ0) is 20.1. The van der Waals surface area contributed by atoms with E-state index in [0.29, 0.717) is 0 Å². The summed E-state index contributed by atoms with van der Waals surface area (Å²) in [5, 5.41) is 3.17. The van der Waals surface area contributed by atoms with Crippen molar-refractivity contribution < 1.29 is 9.59 Å². The molecule has 5 nitrogen and oxygen atoms in total. The Morgan fingerprint density at radius 2 is 1.76 bits per heavy atom. The number of benzene rings is 1. The second-order valence-corrected chi connectivity index (χ2v) is 9.79. The molecule has 2 aliphatic heterocycles. The van der Waals surface area contributed by atoms with E-state index in [1.807, 2.05) is 23.1 Å². The van der Waals surface area contributed by atoms with Gasteiger partial charge in [0.1, 0.15) is 0 Å². The fraction of sp³-hybridized carbons (Fsp3) is 0.652. The maximum Gasteiger partial charge on any atom is 0.227 e. The molecule has 0 radical (unpaired) electrons. The molecule has 1 saturated heterocycles. The molecule has 29 heavy (non-hydrogen) atoms. The lowest BCUT2D eigenvalue weighted by molar-refractivity contribution is -0.125. The van der Waals surface area contributed by atoms with Crippen molar-refractivity contribution >= 4 is 29.3 Å². The van der Waals surface area contributed by atoms with Gasteiger partial charge in [-0.2, -0.15) is 0 Å². The first-order valence-electron chi connectivity index (χ1n) is 11.2. The van der Waals surface area contributed by atoms with Gasteiger partial charge in [0.2, 0.25) is 11.8 Å². The highest BCUT2D eigenvalue weighted by Gasteiger charge is 2.26. The van der Waals surface area contributed by atoms with E-state index in [-0.39, 0.29) is 30.7 Å². The fourth-order valence-corrected chi connectivity index (χ4v) is 5.90. The molecule has 1 saturated carbocycles. The number of nitrogens with zero attached hydrogens (tertiary/aromatic N) is 2. The summed E-state index contributed by atoms with van der Waals surface area (Å²) in [6.45, 7) is 4.14. The van der Waals surface area contributed by atoms with E-state index in [1.165, 1.54) is 32.2 Å². The first-order chi connectivity index (χ1) is 14.2. The molecule has 0 atom stereocenters. The Hall–Kier alpha value is -1.53. The summed E-state index contributed by atoms with van der Waals surface area (Å²) in [4.78, 5) is 30.7. The van der Waals surface area contributed by atoms with Crippen molar-refractivity contribution in [2.24, 2.45) is 5.92 Å². The molecule has 0 bridgehead atoms. The van der Waals surface area contributed by atoms with E-state index in [0.717, 1.165) is 54.7 Å². The Morgan fingerprint density at radius 3 is 2.55 bits per heavy atom. The number of rotatable bonds is 6. The van der Waals surface area contributed by atoms with Crippen LogP contribution in [0.4, 0.5) is 5.69 Å². The SMILES string of the molecule is O=C(CCC(=O)N1CCSc2ccccc21)NC1CCN(CC2CCCC2)CC1. The molecule has 0 spiro atoms. The van der Waals surface area contributed by atoms with Crippen LogP contribution >= 0.6 is 11.8 Å². The lowest BCUT2D eigenvalue weighted by Gasteiger charge is -2.34. The van der Waals surface area contributed by atoms with Gasteiger partial charge < -0.3 is 15.1 Å². The summed E-state index contributed by atoms with van der Waals surface area (Å²) in [6, 6.07) is 8.30. The molecule has 1 aliphatic carbocycles. The Labute approximate surface area is 178 Å². The number of fused-ring (bicyclic) bond motifs is 1. The van der Waals surface area contributed by atoms with E-state index in [4.69, 9.17) is 0 Å². The van der Waals surface area contributed by atoms with Crippen molar-refractivity contribution in [3.63, 3.8) is 0 Å². The summed E-state index contributed by atoms with van der Waals surface area (Å²) < 4.78 is 0. The summed E-state index contributed by atoms with van der Waals surface area (Å²) >= 11 is 1.79. The fourth-order valence-electron chi connectivity index (χ4n) is 4.90. The highest BCUT2D eigenvalue weighted by Crippen LogP contribution is 2.34. The average molecular weight is 416 g/mol. The predicted molar refractivity (Wildman–Crippen MR) is 118 cm³/mol. The smallest absolute Gasteiger partial charge is 0.227 e. The van der Waals surface area contributed by atoms with E-state index in [1.54, 1.807) is 11.8 Å². The number of para-hydroxylation sites is 1. The topological polar surface area (TPSA) is 52.7 Å². The van der Waals surface area contributed by atoms with Gasteiger partial charge in [0.25, 0.3) is 0 Å². The number of likely N-dealkylation sites (tertiary alicyclic amines) is 1. The van der Waals surface area contributed by atoms with E-state index in [2.05, 4.69) is 16.3 Å². The molecular weight excluding hydrogens is 382 g/mol. The van der Waals surface area contributed by atoms with E-state index in [9.17, 15) is 9.59 Å². The van der Waals surface area contributed by atoms with Crippen LogP contribution in [0.5, 0.6) is 0 Å². The molecule has 158 valence electrons. The quantitative estimate of drug-likeness (QED) is 0.770. The standard InChI is InChI=1S/C23H33N3O2S/c27-22(24-19-11-13-25(14-12-19)17-18-5-1-2-6-18)9-10-23(28)26-15-16-29-21-8-4-3-7-20(21)26/h3-4,7-8,18-19H,1-2,5-6,9-17H2,(H,24,27). The highest BCUT2D eigenvalue weighted by molar-refractivity contribution is 7.99. The van der Waals surface area contributed by atoms with Crippen LogP contribution in [0.3, 0.4) is 0 Å². The van der Waals surface area contributed by atoms with Gasteiger partial charge in [0.15, 0.2) is 0 Å². The zero-order valence-electron chi connectivity index (χ0n) is 17.3. The number of amides is 2. The minimum absolute atomic E-state index is 0.0206. The molecule has 0 aromatic heterocycles. The Balaban J connectivity index is 1.17. The van der Waals surface area contributed by atoms with Gasteiger partial charge >= 0.3 is 0 Å². The number of piperidine rings is 1. The third-order valence-electron chi connectivity index (χ3n) is 6.54. The predicted octanol–water partition coefficient (Wildman–Crippen LogP) is 3.68. The van der Waals surface area contributed by atoms with Gasteiger partial charge in [-0.1, -0.05) is 25.0 Å². The molecule has 2 amide bonds. The number of carbonyl (C=O) groups excluding carboxylic acids is 2. The van der Waals surface area contributed by atoms with Crippen LogP contribution in [0.1, 0.15) is 51.4 Å². The number of anilines is 1. The molecule has 1 aromatic rings. The monoisotopic (exact) mass is 415 g/mol. The lowest BCUT2D eigenvalue weighted by Crippen LogP contribution is -2.45. The summed E-state index contributed by atoms with van der Waals surface area (Å²) in [6.07, 6.45) is 8.22. The Kier molecular flexibility index (Phi) is 7.14. The maximum absolute atomic E-state index is 12.7. The Bertz CT molecular complexity index is 712. The number of nitrogens with one attached hydrogen (secondary N) is 1. The summed E-state index contributed by atoms with van der Waals surface area (Å²) in [7, 11) is 0. The molecule has 0 unspecified atom stereocenters. The number of thioether (sulfide) groups is 1. The molecule has 3 aliphatic rings. The molecule has 1 N–H and O–H groups in total. The second kappa shape index (κ2) is 9.98. The number of hydrogen-bond donors (Lipinski definition) is 1. The van der Waals surface area contributed by atoms with Gasteiger partial charge in [0.05, 0.1) is 5.69 Å². The van der Waals surface area contributed by atoms with Gasteiger partial charge in [-0.25, -0.2) is 0 Å². The van der Waals surface area contributed by atoms with E-state index < -0.39 is 0 Å². The van der Waals surface area contributed by atoms with Crippen molar-refractivity contribution in [1.29, 1.82) is 0 Å². The largest absolute Gasteiger partial charge is 0.353 e. The maximum atomic E-state index is 12.7. The van der Waals surface area contributed by atoms with Crippen LogP contribution < -0.4 is 10.2 Å². The van der Waals surface area contributed by atoms with Gasteiger partial charge in [-0.05, 0) is 43.7 Å². The Morgan fingerprint density at radius 1 is 1.00 bits per heavy atom. The third kappa shape index (κ3) is 5.54. The minimum atomic E-state index is 0.0206. The van der Waals surface area contributed by atoms with Crippen molar-refractivity contribution in [2.45, 2.75) is 62.3 Å². The number of carbonyl (C=O) groups is 2. The van der Waals surface area contributed by atoms with Crippen LogP contribution in [0.25, 0.3) is 0 Å². The van der Waals surface area contributed by atoms with Crippen molar-refractivity contribution in [3.05, 3.63) is 24.3 Å². The van der Waals surface area contributed by atoms with Crippen molar-refractivity contribution in [1.82, 2.24) is 10.2 Å². The molecule has 4 rings (SSSR count).